The summed E-state index contributed by atoms with van der Waals surface area (Å²) < 4.78 is 65.1. The monoisotopic (exact) mass is 460 g/mol. The third-order valence-corrected chi connectivity index (χ3v) is 5.21. The summed E-state index contributed by atoms with van der Waals surface area (Å²) in [6, 6.07) is 7.40. The lowest BCUT2D eigenvalue weighted by molar-refractivity contribution is -0.137. The Morgan fingerprint density at radius 3 is 2.23 bits per heavy atom. The molecule has 0 aromatic heterocycles. The number of hydrogen-bond donors (Lipinski definition) is 2. The quantitative estimate of drug-likeness (QED) is 0.570. The van der Waals surface area contributed by atoms with E-state index in [1.165, 1.54) is 29.2 Å². The number of rotatable bonds is 4. The van der Waals surface area contributed by atoms with Gasteiger partial charge in [-0.05, 0) is 47.9 Å². The van der Waals surface area contributed by atoms with Gasteiger partial charge in [-0.1, -0.05) is 29.8 Å². The van der Waals surface area contributed by atoms with E-state index in [0.717, 1.165) is 23.8 Å². The van der Waals surface area contributed by atoms with E-state index in [0.29, 0.717) is 18.5 Å². The van der Waals surface area contributed by atoms with Crippen LogP contribution in [0.1, 0.15) is 23.1 Å². The van der Waals surface area contributed by atoms with E-state index in [9.17, 15) is 26.7 Å². The molecule has 0 spiro atoms. The number of urea groups is 1. The number of alkyl halides is 5. The third-order valence-electron chi connectivity index (χ3n) is 4.90. The molecule has 4 nitrogen and oxygen atoms in total. The van der Waals surface area contributed by atoms with Gasteiger partial charge in [0.1, 0.15) is 6.61 Å². The Balaban J connectivity index is 1.65. The maximum atomic E-state index is 13.6. The zero-order valence-corrected chi connectivity index (χ0v) is 16.8. The summed E-state index contributed by atoms with van der Waals surface area (Å²) in [7, 11) is 0. The molecule has 1 aliphatic rings. The summed E-state index contributed by atoms with van der Waals surface area (Å²) in [5.74, 6) is -3.39. The smallest absolute Gasteiger partial charge is 0.390 e. The second kappa shape index (κ2) is 8.84. The van der Waals surface area contributed by atoms with Gasteiger partial charge in [0.25, 0.3) is 5.92 Å². The fraction of sp³-hybridized carbons (Fsp3) is 0.286. The molecule has 1 aliphatic heterocycles. The molecule has 1 heterocycles. The van der Waals surface area contributed by atoms with Gasteiger partial charge in [-0.15, -0.1) is 0 Å². The number of amides is 2. The molecule has 2 aromatic rings. The van der Waals surface area contributed by atoms with Crippen LogP contribution >= 0.6 is 11.6 Å². The van der Waals surface area contributed by atoms with Gasteiger partial charge in [-0.3, -0.25) is 0 Å². The number of aliphatic hydroxyl groups is 1. The molecule has 0 fully saturated rings. The van der Waals surface area contributed by atoms with Crippen molar-refractivity contribution in [3.8, 4) is 0 Å². The number of nitrogens with one attached hydrogen (secondary N) is 1. The van der Waals surface area contributed by atoms with Gasteiger partial charge in [0.2, 0.25) is 0 Å². The summed E-state index contributed by atoms with van der Waals surface area (Å²) in [6.45, 7) is -0.801. The number of nitrogens with zero attached hydrogens (tertiary/aromatic N) is 1. The Hall–Kier alpha value is -2.65. The molecule has 2 aromatic carbocycles. The molecule has 10 heteroatoms. The molecule has 0 atom stereocenters. The molecule has 2 N–H and O–H groups in total. The number of aliphatic hydroxyl groups excluding tert-OH is 1. The number of anilines is 1. The van der Waals surface area contributed by atoms with Crippen molar-refractivity contribution in [1.82, 2.24) is 4.90 Å². The maximum Gasteiger partial charge on any atom is 0.416 e. The van der Waals surface area contributed by atoms with Crippen LogP contribution in [-0.2, 0) is 12.1 Å². The lowest BCUT2D eigenvalue weighted by atomic mass is 9.97. The minimum Gasteiger partial charge on any atom is -0.390 e. The Bertz CT molecular complexity index is 990. The van der Waals surface area contributed by atoms with E-state index < -0.39 is 35.9 Å². The first-order chi connectivity index (χ1) is 14.5. The molecule has 0 bridgehead atoms. The summed E-state index contributed by atoms with van der Waals surface area (Å²) in [6.07, 6.45) is -2.30. The average molecular weight is 461 g/mol. The van der Waals surface area contributed by atoms with E-state index in [-0.39, 0.29) is 17.3 Å². The lowest BCUT2D eigenvalue weighted by Gasteiger charge is -2.27. The van der Waals surface area contributed by atoms with Crippen molar-refractivity contribution >= 4 is 28.9 Å². The topological polar surface area (TPSA) is 52.6 Å². The largest absolute Gasteiger partial charge is 0.416 e. The Kier molecular flexibility index (Phi) is 6.56. The van der Waals surface area contributed by atoms with E-state index in [1.807, 2.05) is 0 Å². The summed E-state index contributed by atoms with van der Waals surface area (Å²) in [5, 5.41) is 11.4. The van der Waals surface area contributed by atoms with E-state index >= 15 is 0 Å². The summed E-state index contributed by atoms with van der Waals surface area (Å²) >= 11 is 6.15. The van der Waals surface area contributed by atoms with Crippen LogP contribution < -0.4 is 5.32 Å². The van der Waals surface area contributed by atoms with E-state index in [1.54, 1.807) is 6.08 Å². The van der Waals surface area contributed by atoms with Crippen LogP contribution in [0.15, 0.2) is 48.5 Å². The molecule has 0 aliphatic carbocycles. The highest BCUT2D eigenvalue weighted by molar-refractivity contribution is 6.32. The van der Waals surface area contributed by atoms with Gasteiger partial charge >= 0.3 is 12.2 Å². The van der Waals surface area contributed by atoms with Crippen molar-refractivity contribution in [2.45, 2.75) is 18.5 Å². The van der Waals surface area contributed by atoms with Crippen molar-refractivity contribution < 1.29 is 31.9 Å². The zero-order chi connectivity index (χ0) is 22.8. The van der Waals surface area contributed by atoms with Crippen molar-refractivity contribution in [2.75, 3.05) is 25.0 Å². The summed E-state index contributed by atoms with van der Waals surface area (Å²) in [5.41, 5.74) is 0.369. The van der Waals surface area contributed by atoms with Crippen LogP contribution in [0.4, 0.5) is 32.4 Å². The Morgan fingerprint density at radius 2 is 1.71 bits per heavy atom. The van der Waals surface area contributed by atoms with Gasteiger partial charge in [0.05, 0.1) is 5.56 Å². The molecule has 2 amide bonds. The average Bonchev–Trinajstić information content (AvgIpc) is 2.73. The molecule has 3 rings (SSSR count). The lowest BCUT2D eigenvalue weighted by Crippen LogP contribution is -2.37. The Morgan fingerprint density at radius 1 is 1.06 bits per heavy atom. The van der Waals surface area contributed by atoms with Crippen LogP contribution in [0.2, 0.25) is 5.02 Å². The van der Waals surface area contributed by atoms with Crippen LogP contribution in [0.5, 0.6) is 0 Å². The van der Waals surface area contributed by atoms with Crippen molar-refractivity contribution in [1.29, 1.82) is 0 Å². The highest BCUT2D eigenvalue weighted by Gasteiger charge is 2.32. The minimum absolute atomic E-state index is 0.111. The van der Waals surface area contributed by atoms with Crippen LogP contribution in [0, 0.1) is 0 Å². The van der Waals surface area contributed by atoms with E-state index in [2.05, 4.69) is 5.32 Å². The van der Waals surface area contributed by atoms with Crippen molar-refractivity contribution in [2.24, 2.45) is 0 Å². The fourth-order valence-corrected chi connectivity index (χ4v) is 3.44. The predicted molar refractivity (Wildman–Crippen MR) is 107 cm³/mol. The molecule has 0 saturated heterocycles. The molecular weight excluding hydrogens is 443 g/mol. The summed E-state index contributed by atoms with van der Waals surface area (Å²) in [4.78, 5) is 13.8. The number of hydrogen-bond acceptors (Lipinski definition) is 2. The van der Waals surface area contributed by atoms with Gasteiger partial charge in [-0.2, -0.15) is 22.0 Å². The fourth-order valence-electron chi connectivity index (χ4n) is 3.14. The molecule has 166 valence electrons. The first kappa shape index (κ1) is 23.0. The maximum absolute atomic E-state index is 13.6. The van der Waals surface area contributed by atoms with E-state index in [4.69, 9.17) is 16.7 Å². The van der Waals surface area contributed by atoms with Crippen LogP contribution in [0.3, 0.4) is 0 Å². The zero-order valence-electron chi connectivity index (χ0n) is 16.0. The number of halogens is 6. The van der Waals surface area contributed by atoms with Crippen LogP contribution in [-0.4, -0.2) is 35.7 Å². The predicted octanol–water partition coefficient (Wildman–Crippen LogP) is 5.76. The van der Waals surface area contributed by atoms with Crippen molar-refractivity contribution in [3.63, 3.8) is 0 Å². The first-order valence-electron chi connectivity index (χ1n) is 9.22. The molecule has 31 heavy (non-hydrogen) atoms. The van der Waals surface area contributed by atoms with Gasteiger partial charge in [-0.25, -0.2) is 4.79 Å². The second-order valence-corrected chi connectivity index (χ2v) is 7.40. The first-order valence-corrected chi connectivity index (χ1v) is 9.60. The number of carbonyl (C=O) groups is 1. The number of benzene rings is 2. The highest BCUT2D eigenvalue weighted by Crippen LogP contribution is 2.35. The Labute approximate surface area is 179 Å². The third kappa shape index (κ3) is 5.34. The standard InChI is InChI=1S/C21H18ClF5N2O2/c22-18-11-15(20(23,24)12-30)3-6-17(18)13-7-9-29(10-8-13)19(31)28-16-4-1-14(2-5-16)21(25,26)27/h1-7,11,30H,8-10,12H2,(H,28,31). The van der Waals surface area contributed by atoms with Crippen LogP contribution in [0.25, 0.3) is 5.57 Å². The SMILES string of the molecule is O=C(Nc1ccc(C(F)(F)F)cc1)N1CC=C(c2ccc(C(F)(F)CO)cc2Cl)CC1. The highest BCUT2D eigenvalue weighted by atomic mass is 35.5. The normalized spacial score (nSPS) is 14.9. The van der Waals surface area contributed by atoms with Crippen molar-refractivity contribution in [3.05, 3.63) is 70.3 Å². The molecular formula is C21H18ClF5N2O2. The van der Waals surface area contributed by atoms with Gasteiger partial charge < -0.3 is 15.3 Å². The molecule has 0 saturated carbocycles. The number of carbonyl (C=O) groups excluding carboxylic acids is 1. The molecule has 0 radical (unpaired) electrons. The molecule has 0 unspecified atom stereocenters. The minimum atomic E-state index is -4.45. The van der Waals surface area contributed by atoms with Gasteiger partial charge in [0, 0.05) is 29.4 Å². The second-order valence-electron chi connectivity index (χ2n) is 6.99. The van der Waals surface area contributed by atoms with Gasteiger partial charge in [0.15, 0.2) is 0 Å².